The Bertz CT molecular complexity index is 701. The highest BCUT2D eigenvalue weighted by Gasteiger charge is 2.18. The molecule has 0 saturated carbocycles. The van der Waals surface area contributed by atoms with Gasteiger partial charge in [-0.25, -0.2) is 0 Å². The smallest absolute Gasteiger partial charge is 0.293 e. The summed E-state index contributed by atoms with van der Waals surface area (Å²) in [5.41, 5.74) is 1.53. The molecule has 2 aromatic carbocycles. The van der Waals surface area contributed by atoms with Crippen LogP contribution in [0.25, 0.3) is 0 Å². The van der Waals surface area contributed by atoms with Crippen molar-refractivity contribution in [2.24, 2.45) is 0 Å². The number of ketones is 1. The van der Waals surface area contributed by atoms with E-state index in [1.54, 1.807) is 19.2 Å². The molecule has 6 heteroatoms. The third-order valence-corrected chi connectivity index (χ3v) is 3.53. The summed E-state index contributed by atoms with van der Waals surface area (Å²) in [6, 6.07) is 14.0. The van der Waals surface area contributed by atoms with E-state index in [1.165, 1.54) is 13.0 Å². The number of Topliss-reactive ketones (excluding diaryl/α,β-unsaturated/α-hetero) is 1. The van der Waals surface area contributed by atoms with E-state index in [9.17, 15) is 14.9 Å². The summed E-state index contributed by atoms with van der Waals surface area (Å²) >= 11 is 0. The van der Waals surface area contributed by atoms with Crippen LogP contribution in [-0.4, -0.2) is 24.4 Å². The highest BCUT2D eigenvalue weighted by atomic mass is 16.6. The summed E-state index contributed by atoms with van der Waals surface area (Å²) in [6.45, 7) is 1.75. The van der Waals surface area contributed by atoms with Crippen molar-refractivity contribution in [3.63, 3.8) is 0 Å². The first-order valence-electron chi connectivity index (χ1n) is 7.14. The molecule has 0 saturated heterocycles. The molecular formula is C17H18N2O4. The van der Waals surface area contributed by atoms with E-state index < -0.39 is 4.92 Å². The van der Waals surface area contributed by atoms with Crippen LogP contribution in [0, 0.1) is 10.1 Å². The van der Waals surface area contributed by atoms with Gasteiger partial charge in [0.1, 0.15) is 5.69 Å². The van der Waals surface area contributed by atoms with Crippen LogP contribution < -0.4 is 5.32 Å². The van der Waals surface area contributed by atoms with Crippen LogP contribution in [0.2, 0.25) is 0 Å². The van der Waals surface area contributed by atoms with Gasteiger partial charge in [-0.15, -0.1) is 0 Å². The van der Waals surface area contributed by atoms with Gasteiger partial charge in [0.25, 0.3) is 5.69 Å². The van der Waals surface area contributed by atoms with Gasteiger partial charge in [-0.3, -0.25) is 14.9 Å². The van der Waals surface area contributed by atoms with E-state index in [0.29, 0.717) is 17.8 Å². The molecule has 23 heavy (non-hydrogen) atoms. The van der Waals surface area contributed by atoms with Gasteiger partial charge in [0.05, 0.1) is 11.0 Å². The standard InChI is InChI=1S/C17H18N2O4/c1-12(20)14-8-9-15(16(10-14)19(21)22)18-11-17(23-2)13-6-4-3-5-7-13/h3-10,17-18H,11H2,1-2H3/t17-/m0/s1. The second kappa shape index (κ2) is 7.51. The first-order chi connectivity index (χ1) is 11.0. The Kier molecular flexibility index (Phi) is 5.43. The molecule has 0 aliphatic carbocycles. The zero-order chi connectivity index (χ0) is 16.8. The Morgan fingerprint density at radius 1 is 1.26 bits per heavy atom. The van der Waals surface area contributed by atoms with Crippen molar-refractivity contribution in [1.29, 1.82) is 0 Å². The molecule has 0 aliphatic rings. The van der Waals surface area contributed by atoms with Gasteiger partial charge in [-0.05, 0) is 24.6 Å². The van der Waals surface area contributed by atoms with Crippen molar-refractivity contribution in [1.82, 2.24) is 0 Å². The molecular weight excluding hydrogens is 296 g/mol. The molecule has 2 aromatic rings. The molecule has 0 amide bonds. The fraction of sp³-hybridized carbons (Fsp3) is 0.235. The minimum atomic E-state index is -0.501. The van der Waals surface area contributed by atoms with Crippen LogP contribution in [0.3, 0.4) is 0 Å². The maximum Gasteiger partial charge on any atom is 0.293 e. The molecule has 0 heterocycles. The van der Waals surface area contributed by atoms with Crippen LogP contribution in [0.4, 0.5) is 11.4 Å². The Morgan fingerprint density at radius 2 is 1.96 bits per heavy atom. The lowest BCUT2D eigenvalue weighted by atomic mass is 10.1. The van der Waals surface area contributed by atoms with Crippen LogP contribution >= 0.6 is 0 Å². The van der Waals surface area contributed by atoms with Crippen molar-refractivity contribution < 1.29 is 14.5 Å². The number of hydrogen-bond donors (Lipinski definition) is 1. The van der Waals surface area contributed by atoms with Gasteiger partial charge in [0.15, 0.2) is 5.78 Å². The lowest BCUT2D eigenvalue weighted by Crippen LogP contribution is -2.15. The number of nitrogens with zero attached hydrogens (tertiary/aromatic N) is 1. The summed E-state index contributed by atoms with van der Waals surface area (Å²) in [6.07, 6.45) is -0.233. The maximum absolute atomic E-state index is 11.4. The average Bonchev–Trinajstić information content (AvgIpc) is 2.56. The number of nitro benzene ring substituents is 1. The number of ether oxygens (including phenoxy) is 1. The maximum atomic E-state index is 11.4. The topological polar surface area (TPSA) is 81.5 Å². The number of anilines is 1. The van der Waals surface area contributed by atoms with Gasteiger partial charge in [-0.2, -0.15) is 0 Å². The zero-order valence-corrected chi connectivity index (χ0v) is 13.0. The fourth-order valence-corrected chi connectivity index (χ4v) is 2.26. The van der Waals surface area contributed by atoms with E-state index in [4.69, 9.17) is 4.74 Å². The van der Waals surface area contributed by atoms with Gasteiger partial charge >= 0.3 is 0 Å². The van der Waals surface area contributed by atoms with Crippen LogP contribution in [0.5, 0.6) is 0 Å². The minimum Gasteiger partial charge on any atom is -0.377 e. The van der Waals surface area contributed by atoms with Gasteiger partial charge in [-0.1, -0.05) is 30.3 Å². The van der Waals surface area contributed by atoms with Crippen LogP contribution in [0.1, 0.15) is 28.9 Å². The number of carbonyl (C=O) groups excluding carboxylic acids is 1. The highest BCUT2D eigenvalue weighted by molar-refractivity contribution is 5.95. The Hall–Kier alpha value is -2.73. The largest absolute Gasteiger partial charge is 0.377 e. The normalized spacial score (nSPS) is 11.7. The third kappa shape index (κ3) is 4.14. The van der Waals surface area contributed by atoms with Crippen LogP contribution in [0.15, 0.2) is 48.5 Å². The number of nitrogens with one attached hydrogen (secondary N) is 1. The first kappa shape index (κ1) is 16.6. The molecule has 6 nitrogen and oxygen atoms in total. The van der Waals surface area contributed by atoms with Crippen molar-refractivity contribution in [2.75, 3.05) is 19.0 Å². The van der Waals surface area contributed by atoms with E-state index in [-0.39, 0.29) is 17.6 Å². The number of benzene rings is 2. The second-order valence-electron chi connectivity index (χ2n) is 5.06. The van der Waals surface area contributed by atoms with Crippen molar-refractivity contribution >= 4 is 17.2 Å². The molecule has 2 rings (SSSR count). The predicted molar refractivity (Wildman–Crippen MR) is 87.8 cm³/mol. The van der Waals surface area contributed by atoms with E-state index >= 15 is 0 Å². The van der Waals surface area contributed by atoms with E-state index in [1.807, 2.05) is 30.3 Å². The zero-order valence-electron chi connectivity index (χ0n) is 13.0. The summed E-state index contributed by atoms with van der Waals surface area (Å²) < 4.78 is 5.43. The number of methoxy groups -OCH3 is 1. The molecule has 1 atom stereocenters. The minimum absolute atomic E-state index is 0.124. The van der Waals surface area contributed by atoms with Crippen LogP contribution in [-0.2, 0) is 4.74 Å². The van der Waals surface area contributed by atoms with Crippen molar-refractivity contribution in [3.8, 4) is 0 Å². The quantitative estimate of drug-likeness (QED) is 0.480. The van der Waals surface area contributed by atoms with Crippen molar-refractivity contribution in [2.45, 2.75) is 13.0 Å². The summed E-state index contributed by atoms with van der Waals surface area (Å²) in [5, 5.41) is 14.2. The lowest BCUT2D eigenvalue weighted by Gasteiger charge is -2.17. The molecule has 0 fully saturated rings. The van der Waals surface area contributed by atoms with E-state index in [0.717, 1.165) is 5.56 Å². The Balaban J connectivity index is 2.19. The number of rotatable bonds is 7. The molecule has 0 bridgehead atoms. The molecule has 0 aromatic heterocycles. The number of hydrogen-bond acceptors (Lipinski definition) is 5. The number of nitro groups is 1. The molecule has 1 N–H and O–H groups in total. The molecule has 120 valence electrons. The second-order valence-corrected chi connectivity index (χ2v) is 5.06. The van der Waals surface area contributed by atoms with Gasteiger partial charge in [0.2, 0.25) is 0 Å². The monoisotopic (exact) mass is 314 g/mol. The summed E-state index contributed by atoms with van der Waals surface area (Å²) in [4.78, 5) is 22.1. The molecule has 0 radical (unpaired) electrons. The van der Waals surface area contributed by atoms with E-state index in [2.05, 4.69) is 5.32 Å². The lowest BCUT2D eigenvalue weighted by molar-refractivity contribution is -0.384. The molecule has 0 unspecified atom stereocenters. The fourth-order valence-electron chi connectivity index (χ4n) is 2.26. The van der Waals surface area contributed by atoms with Gasteiger partial charge in [0, 0.05) is 25.3 Å². The average molecular weight is 314 g/mol. The first-order valence-corrected chi connectivity index (χ1v) is 7.14. The Labute approximate surface area is 134 Å². The summed E-state index contributed by atoms with van der Waals surface area (Å²) in [7, 11) is 1.59. The molecule has 0 spiro atoms. The third-order valence-electron chi connectivity index (χ3n) is 3.53. The Morgan fingerprint density at radius 3 is 2.52 bits per heavy atom. The molecule has 0 aliphatic heterocycles. The summed E-state index contributed by atoms with van der Waals surface area (Å²) in [5.74, 6) is -0.210. The predicted octanol–water partition coefficient (Wildman–Crippen LogP) is 3.60. The van der Waals surface area contributed by atoms with Gasteiger partial charge < -0.3 is 10.1 Å². The highest BCUT2D eigenvalue weighted by Crippen LogP contribution is 2.27. The van der Waals surface area contributed by atoms with Crippen molar-refractivity contribution in [3.05, 3.63) is 69.8 Å². The SMILES string of the molecule is CO[C@@H](CNc1ccc(C(C)=O)cc1[N+](=O)[O-])c1ccccc1. The number of carbonyl (C=O) groups is 1.